The molecule has 5 heterocycles. The fourth-order valence-corrected chi connectivity index (χ4v) is 5.75. The van der Waals surface area contributed by atoms with Crippen molar-refractivity contribution in [2.24, 2.45) is 0 Å². The number of hydrogen-bond donors (Lipinski definition) is 4. The highest BCUT2D eigenvalue weighted by atomic mass is 14.9. The Morgan fingerprint density at radius 1 is 0.543 bits per heavy atom. The zero-order valence-corrected chi connectivity index (χ0v) is 22.1. The van der Waals surface area contributed by atoms with E-state index in [0.29, 0.717) is 0 Å². The molecule has 182 valence electrons. The van der Waals surface area contributed by atoms with E-state index in [-0.39, 0.29) is 0 Å². The lowest BCUT2D eigenvalue weighted by molar-refractivity contribution is 1.05. The van der Waals surface area contributed by atoms with Crippen LogP contribution in [0.3, 0.4) is 0 Å². The van der Waals surface area contributed by atoms with Gasteiger partial charge >= 0.3 is 0 Å². The molecule has 35 heavy (non-hydrogen) atoms. The summed E-state index contributed by atoms with van der Waals surface area (Å²) in [5.41, 5.74) is 12.5. The molecule has 0 radical (unpaired) electrons. The maximum Gasteiger partial charge on any atom is 0.132 e. The van der Waals surface area contributed by atoms with E-state index in [1.165, 1.54) is 55.5 Å². The average Bonchev–Trinajstić information content (AvgIpc) is 3.52. The predicted octanol–water partition coefficient (Wildman–Crippen LogP) is 3.20. The highest BCUT2D eigenvalue weighted by Gasteiger charge is 2.15. The summed E-state index contributed by atoms with van der Waals surface area (Å²) in [6.45, 7) is 15.5. The van der Waals surface area contributed by atoms with Crippen molar-refractivity contribution >= 4 is 24.3 Å². The van der Waals surface area contributed by atoms with E-state index in [1.807, 2.05) is 0 Å². The molecule has 1 aliphatic rings. The van der Waals surface area contributed by atoms with Gasteiger partial charge in [-0.05, 0) is 98.1 Å². The molecular formula is C30H37N5. The number of hydrogen-bond acceptors (Lipinski definition) is 1. The molecule has 0 spiro atoms. The lowest BCUT2D eigenvalue weighted by Gasteiger charge is -2.01. The summed E-state index contributed by atoms with van der Waals surface area (Å²) < 4.78 is 0. The van der Waals surface area contributed by atoms with Gasteiger partial charge in [-0.3, -0.25) is 0 Å². The Morgan fingerprint density at radius 3 is 1.51 bits per heavy atom. The normalized spacial score (nSPS) is 12.7. The van der Waals surface area contributed by atoms with Gasteiger partial charge in [0, 0.05) is 44.6 Å². The zero-order valence-electron chi connectivity index (χ0n) is 22.1. The van der Waals surface area contributed by atoms with Crippen LogP contribution in [0.15, 0.2) is 0 Å². The molecule has 0 unspecified atom stereocenters. The van der Waals surface area contributed by atoms with Crippen LogP contribution < -0.4 is 21.4 Å². The number of rotatable bonds is 4. The van der Waals surface area contributed by atoms with Gasteiger partial charge in [0.15, 0.2) is 0 Å². The summed E-state index contributed by atoms with van der Waals surface area (Å²) in [4.78, 5) is 19.6. The molecule has 0 aliphatic carbocycles. The van der Waals surface area contributed by atoms with Gasteiger partial charge in [0.2, 0.25) is 0 Å². The van der Waals surface area contributed by atoms with Crippen LogP contribution in [0.5, 0.6) is 0 Å². The van der Waals surface area contributed by atoms with E-state index < -0.39 is 0 Å². The third-order valence-corrected chi connectivity index (χ3v) is 7.68. The van der Waals surface area contributed by atoms with Gasteiger partial charge in [0.1, 0.15) is 5.82 Å². The van der Waals surface area contributed by atoms with Crippen molar-refractivity contribution in [2.45, 2.75) is 74.1 Å². The smallest absolute Gasteiger partial charge is 0.132 e. The Balaban J connectivity index is 1.95. The highest BCUT2D eigenvalue weighted by Crippen LogP contribution is 2.22. The number of nitrogens with one attached hydrogen (secondary N) is 4. The first kappa shape index (κ1) is 23.3. The minimum atomic E-state index is 0.871. The molecule has 5 rings (SSSR count). The van der Waals surface area contributed by atoms with Crippen LogP contribution in [0.4, 0.5) is 0 Å². The van der Waals surface area contributed by atoms with Crippen LogP contribution in [-0.4, -0.2) is 24.9 Å². The Labute approximate surface area is 206 Å². The summed E-state index contributed by atoms with van der Waals surface area (Å²) in [6, 6.07) is 0. The van der Waals surface area contributed by atoms with Crippen molar-refractivity contribution in [3.05, 3.63) is 83.4 Å². The van der Waals surface area contributed by atoms with Crippen molar-refractivity contribution in [1.29, 1.82) is 0 Å². The molecule has 8 bridgehead atoms. The van der Waals surface area contributed by atoms with E-state index in [0.717, 1.165) is 53.6 Å². The molecule has 0 aromatic carbocycles. The van der Waals surface area contributed by atoms with Crippen LogP contribution in [0.1, 0.15) is 89.7 Å². The highest BCUT2D eigenvalue weighted by molar-refractivity contribution is 5.63. The standard InChI is InChI=1S/C30H37N5/c1-8-19-16(5)23-12-25-18(7)31-30(35-25)15-24-17(6)20(9-2)27(33-24)14-29-22(11-4)21(10-3)28(34-29)13-26(19)32-23/h12-15,32-34H,8-11H2,1-7H3,(H,31,35). The fourth-order valence-electron chi connectivity index (χ4n) is 5.75. The molecule has 0 saturated carbocycles. The van der Waals surface area contributed by atoms with Crippen molar-refractivity contribution in [3.8, 4) is 0 Å². The molecule has 5 nitrogen and oxygen atoms in total. The van der Waals surface area contributed by atoms with Gasteiger partial charge in [-0.25, -0.2) is 4.98 Å². The van der Waals surface area contributed by atoms with Crippen molar-refractivity contribution in [3.63, 3.8) is 0 Å². The summed E-state index contributed by atoms with van der Waals surface area (Å²) in [7, 11) is 0. The molecule has 0 amide bonds. The van der Waals surface area contributed by atoms with Crippen LogP contribution >= 0.6 is 0 Å². The molecule has 4 N–H and O–H groups in total. The monoisotopic (exact) mass is 467 g/mol. The maximum absolute atomic E-state index is 4.93. The minimum absolute atomic E-state index is 0.871. The number of nitrogens with zero attached hydrogens (tertiary/aromatic N) is 1. The summed E-state index contributed by atoms with van der Waals surface area (Å²) in [5, 5.41) is 4.59. The van der Waals surface area contributed by atoms with Gasteiger partial charge in [-0.2, -0.15) is 0 Å². The van der Waals surface area contributed by atoms with Crippen molar-refractivity contribution in [2.75, 3.05) is 0 Å². The Kier molecular flexibility index (Phi) is 5.96. The molecule has 0 saturated heterocycles. The average molecular weight is 468 g/mol. The molecule has 1 aliphatic heterocycles. The quantitative estimate of drug-likeness (QED) is 0.322. The Hall–Kier alpha value is -3.47. The van der Waals surface area contributed by atoms with Gasteiger partial charge in [-0.1, -0.05) is 27.7 Å². The third kappa shape index (κ3) is 3.83. The number of aryl methyl sites for hydroxylation is 1. The van der Waals surface area contributed by atoms with Crippen LogP contribution in [0.25, 0.3) is 24.3 Å². The SMILES string of the molecule is CCc1c2[nH]c(c1CC)C=c1[nH]c(c(C)c1CC)=Cc1nc([nH]c1C)C=c1[nH]c(c(CC)c1C)=C2. The van der Waals surface area contributed by atoms with Crippen molar-refractivity contribution in [1.82, 2.24) is 24.9 Å². The first-order chi connectivity index (χ1) is 16.9. The van der Waals surface area contributed by atoms with Crippen LogP contribution in [-0.2, 0) is 25.7 Å². The number of H-pyrrole nitrogens is 4. The first-order valence-electron chi connectivity index (χ1n) is 13.0. The predicted molar refractivity (Wildman–Crippen MR) is 145 cm³/mol. The Bertz CT molecular complexity index is 1660. The van der Waals surface area contributed by atoms with Gasteiger partial charge in [-0.15, -0.1) is 0 Å². The topological polar surface area (TPSA) is 76.0 Å². The van der Waals surface area contributed by atoms with Crippen LogP contribution in [0.2, 0.25) is 0 Å². The summed E-state index contributed by atoms with van der Waals surface area (Å²) in [6.07, 6.45) is 12.9. The zero-order chi connectivity index (χ0) is 24.9. The third-order valence-electron chi connectivity index (χ3n) is 7.68. The summed E-state index contributed by atoms with van der Waals surface area (Å²) in [5.74, 6) is 0.871. The van der Waals surface area contributed by atoms with Gasteiger partial charge in [0.25, 0.3) is 0 Å². The molecule has 4 aromatic rings. The maximum atomic E-state index is 4.93. The number of imidazole rings is 1. The number of fused-ring (bicyclic) bond motifs is 8. The molecule has 0 fully saturated rings. The fraction of sp³-hybridized carbons (Fsp3) is 0.367. The first-order valence-corrected chi connectivity index (χ1v) is 13.0. The van der Waals surface area contributed by atoms with Gasteiger partial charge < -0.3 is 19.9 Å². The number of aromatic nitrogens is 5. The van der Waals surface area contributed by atoms with E-state index in [2.05, 4.69) is 92.7 Å². The molecular weight excluding hydrogens is 430 g/mol. The van der Waals surface area contributed by atoms with E-state index in [1.54, 1.807) is 0 Å². The van der Waals surface area contributed by atoms with Crippen LogP contribution in [0, 0.1) is 20.8 Å². The van der Waals surface area contributed by atoms with E-state index in [4.69, 9.17) is 4.98 Å². The number of aromatic amines is 4. The molecule has 5 heteroatoms. The second-order valence-electron chi connectivity index (χ2n) is 9.65. The van der Waals surface area contributed by atoms with E-state index >= 15 is 0 Å². The lowest BCUT2D eigenvalue weighted by Crippen LogP contribution is -2.13. The van der Waals surface area contributed by atoms with E-state index in [9.17, 15) is 0 Å². The largest absolute Gasteiger partial charge is 0.355 e. The lowest BCUT2D eigenvalue weighted by atomic mass is 10.0. The Morgan fingerprint density at radius 2 is 1.03 bits per heavy atom. The minimum Gasteiger partial charge on any atom is -0.355 e. The second kappa shape index (κ2) is 8.95. The summed E-state index contributed by atoms with van der Waals surface area (Å²) >= 11 is 0. The molecule has 0 atom stereocenters. The second-order valence-corrected chi connectivity index (χ2v) is 9.65. The van der Waals surface area contributed by atoms with Gasteiger partial charge in [0.05, 0.1) is 5.69 Å². The molecule has 4 aromatic heterocycles. The van der Waals surface area contributed by atoms with Crippen molar-refractivity contribution < 1.29 is 0 Å².